The number of phenolic OH excluding ortho intramolecular Hbond substituents is 1. The molecule has 0 radical (unpaired) electrons. The molecule has 0 fully saturated rings. The summed E-state index contributed by atoms with van der Waals surface area (Å²) < 4.78 is 36.8. The number of phenols is 1. The SMILES string of the molecule is CCOC(=O)C(F)(F)[C@H](N)c1c(O)cccc1OC.Cl. The fourth-order valence-electron chi connectivity index (χ4n) is 1.56. The lowest BCUT2D eigenvalue weighted by atomic mass is 9.99. The van der Waals surface area contributed by atoms with Gasteiger partial charge < -0.3 is 20.3 Å². The Morgan fingerprint density at radius 3 is 2.60 bits per heavy atom. The number of hydrogen-bond donors (Lipinski definition) is 2. The van der Waals surface area contributed by atoms with Crippen molar-refractivity contribution in [3.63, 3.8) is 0 Å². The monoisotopic (exact) mass is 311 g/mol. The highest BCUT2D eigenvalue weighted by atomic mass is 35.5. The van der Waals surface area contributed by atoms with Crippen LogP contribution in [0.1, 0.15) is 18.5 Å². The van der Waals surface area contributed by atoms with Gasteiger partial charge in [-0.05, 0) is 19.1 Å². The predicted molar refractivity (Wildman–Crippen MR) is 70.4 cm³/mol. The number of carbonyl (C=O) groups is 1. The molecule has 0 saturated carbocycles. The Labute approximate surface area is 121 Å². The fraction of sp³-hybridized carbons (Fsp3) is 0.417. The lowest BCUT2D eigenvalue weighted by Crippen LogP contribution is -2.41. The average molecular weight is 312 g/mol. The Morgan fingerprint density at radius 1 is 1.50 bits per heavy atom. The van der Waals surface area contributed by atoms with Crippen LogP contribution in [0, 0.1) is 0 Å². The standard InChI is InChI=1S/C12H15F2NO4.ClH/c1-3-19-11(17)12(13,14)10(15)9-7(16)5-4-6-8(9)18-2;/h4-6,10,16H,3,15H2,1-2H3;1H/t10-;/m1./s1. The number of nitrogens with two attached hydrogens (primary N) is 1. The predicted octanol–water partition coefficient (Wildman–Crippen LogP) is 2.02. The summed E-state index contributed by atoms with van der Waals surface area (Å²) in [7, 11) is 1.24. The molecule has 0 aliphatic carbocycles. The number of halogens is 3. The smallest absolute Gasteiger partial charge is 0.379 e. The van der Waals surface area contributed by atoms with Crippen LogP contribution in [0.2, 0.25) is 0 Å². The number of benzene rings is 1. The van der Waals surface area contributed by atoms with E-state index in [1.54, 1.807) is 0 Å². The molecule has 0 aliphatic rings. The van der Waals surface area contributed by atoms with E-state index >= 15 is 0 Å². The molecule has 1 aromatic carbocycles. The fourth-order valence-corrected chi connectivity index (χ4v) is 1.56. The molecule has 0 spiro atoms. The number of alkyl halides is 2. The third-order valence-corrected chi connectivity index (χ3v) is 2.51. The molecule has 0 amide bonds. The van der Waals surface area contributed by atoms with Crippen molar-refractivity contribution < 1.29 is 28.2 Å². The lowest BCUT2D eigenvalue weighted by Gasteiger charge is -2.23. The molecule has 0 aromatic heterocycles. The Balaban J connectivity index is 0.00000361. The molecule has 5 nitrogen and oxygen atoms in total. The first kappa shape index (κ1) is 18.4. The second-order valence-corrected chi connectivity index (χ2v) is 3.71. The summed E-state index contributed by atoms with van der Waals surface area (Å²) in [4.78, 5) is 11.2. The normalized spacial score (nSPS) is 12.2. The molecule has 1 atom stereocenters. The molecule has 0 bridgehead atoms. The van der Waals surface area contributed by atoms with Crippen molar-refractivity contribution in [3.05, 3.63) is 23.8 Å². The maximum atomic E-state index is 13.8. The molecule has 0 heterocycles. The van der Waals surface area contributed by atoms with Crippen molar-refractivity contribution in [1.29, 1.82) is 0 Å². The minimum absolute atomic E-state index is 0. The minimum Gasteiger partial charge on any atom is -0.507 e. The summed E-state index contributed by atoms with van der Waals surface area (Å²) in [5.41, 5.74) is 5.05. The summed E-state index contributed by atoms with van der Waals surface area (Å²) >= 11 is 0. The van der Waals surface area contributed by atoms with E-state index in [4.69, 9.17) is 10.5 Å². The number of aromatic hydroxyl groups is 1. The molecular weight excluding hydrogens is 296 g/mol. The van der Waals surface area contributed by atoms with Gasteiger partial charge in [-0.2, -0.15) is 8.78 Å². The van der Waals surface area contributed by atoms with Crippen LogP contribution in [0.25, 0.3) is 0 Å². The maximum absolute atomic E-state index is 13.8. The molecule has 114 valence electrons. The van der Waals surface area contributed by atoms with Gasteiger partial charge in [0, 0.05) is 0 Å². The van der Waals surface area contributed by atoms with Crippen LogP contribution in [0.4, 0.5) is 8.78 Å². The number of carbonyl (C=O) groups excluding carboxylic acids is 1. The molecular formula is C12H16ClF2NO4. The first-order chi connectivity index (χ1) is 8.86. The summed E-state index contributed by atoms with van der Waals surface area (Å²) in [6, 6.07) is 1.88. The van der Waals surface area contributed by atoms with Crippen LogP contribution < -0.4 is 10.5 Å². The minimum atomic E-state index is -3.97. The lowest BCUT2D eigenvalue weighted by molar-refractivity contribution is -0.174. The van der Waals surface area contributed by atoms with Crippen LogP contribution in [0.3, 0.4) is 0 Å². The molecule has 0 saturated heterocycles. The molecule has 3 N–H and O–H groups in total. The summed E-state index contributed by atoms with van der Waals surface area (Å²) in [6.45, 7) is 1.21. The van der Waals surface area contributed by atoms with Crippen molar-refractivity contribution in [1.82, 2.24) is 0 Å². The highest BCUT2D eigenvalue weighted by Gasteiger charge is 2.49. The number of hydrogen-bond acceptors (Lipinski definition) is 5. The van der Waals surface area contributed by atoms with Gasteiger partial charge in [-0.3, -0.25) is 0 Å². The van der Waals surface area contributed by atoms with Crippen molar-refractivity contribution in [2.45, 2.75) is 18.9 Å². The van der Waals surface area contributed by atoms with Crippen LogP contribution >= 0.6 is 12.4 Å². The van der Waals surface area contributed by atoms with E-state index in [0.29, 0.717) is 0 Å². The molecule has 0 unspecified atom stereocenters. The van der Waals surface area contributed by atoms with Crippen molar-refractivity contribution in [2.24, 2.45) is 5.73 Å². The maximum Gasteiger partial charge on any atom is 0.379 e. The van der Waals surface area contributed by atoms with Crippen LogP contribution in [-0.4, -0.2) is 30.7 Å². The zero-order valence-electron chi connectivity index (χ0n) is 10.9. The topological polar surface area (TPSA) is 81.8 Å². The van der Waals surface area contributed by atoms with E-state index in [1.807, 2.05) is 0 Å². The molecule has 20 heavy (non-hydrogen) atoms. The van der Waals surface area contributed by atoms with Gasteiger partial charge in [-0.15, -0.1) is 12.4 Å². The highest BCUT2D eigenvalue weighted by molar-refractivity contribution is 5.85. The quantitative estimate of drug-likeness (QED) is 0.813. The number of ether oxygens (including phenoxy) is 2. The number of methoxy groups -OCH3 is 1. The Hall–Kier alpha value is -1.60. The molecule has 1 rings (SSSR count). The van der Waals surface area contributed by atoms with E-state index < -0.39 is 23.7 Å². The summed E-state index contributed by atoms with van der Waals surface area (Å²) in [5, 5.41) is 9.62. The Bertz CT molecular complexity index is 471. The molecule has 0 aliphatic heterocycles. The van der Waals surface area contributed by atoms with Gasteiger partial charge in [0.1, 0.15) is 17.5 Å². The molecule has 8 heteroatoms. The number of rotatable bonds is 5. The summed E-state index contributed by atoms with van der Waals surface area (Å²) in [5.74, 6) is -6.22. The van der Waals surface area contributed by atoms with E-state index in [1.165, 1.54) is 32.2 Å². The highest BCUT2D eigenvalue weighted by Crippen LogP contribution is 2.40. The van der Waals surface area contributed by atoms with Gasteiger partial charge in [-0.1, -0.05) is 6.07 Å². The third-order valence-electron chi connectivity index (χ3n) is 2.51. The first-order valence-electron chi connectivity index (χ1n) is 5.52. The Morgan fingerprint density at radius 2 is 2.10 bits per heavy atom. The van der Waals surface area contributed by atoms with Gasteiger partial charge in [0.2, 0.25) is 0 Å². The van der Waals surface area contributed by atoms with E-state index in [9.17, 15) is 18.7 Å². The van der Waals surface area contributed by atoms with Gasteiger partial charge >= 0.3 is 11.9 Å². The number of esters is 1. The zero-order valence-corrected chi connectivity index (χ0v) is 11.7. The van der Waals surface area contributed by atoms with E-state index in [0.717, 1.165) is 0 Å². The second-order valence-electron chi connectivity index (χ2n) is 3.71. The van der Waals surface area contributed by atoms with Crippen molar-refractivity contribution in [3.8, 4) is 11.5 Å². The largest absolute Gasteiger partial charge is 0.507 e. The van der Waals surface area contributed by atoms with E-state index in [-0.39, 0.29) is 30.3 Å². The van der Waals surface area contributed by atoms with Gasteiger partial charge in [0.25, 0.3) is 0 Å². The zero-order chi connectivity index (χ0) is 14.6. The van der Waals surface area contributed by atoms with Crippen LogP contribution in [0.15, 0.2) is 18.2 Å². The van der Waals surface area contributed by atoms with Crippen molar-refractivity contribution in [2.75, 3.05) is 13.7 Å². The Kier molecular flexibility index (Phi) is 6.67. The molecule has 1 aromatic rings. The van der Waals surface area contributed by atoms with Crippen molar-refractivity contribution >= 4 is 18.4 Å². The van der Waals surface area contributed by atoms with Gasteiger partial charge in [-0.25, -0.2) is 4.79 Å². The second kappa shape index (κ2) is 7.25. The van der Waals surface area contributed by atoms with Crippen LogP contribution in [-0.2, 0) is 9.53 Å². The van der Waals surface area contributed by atoms with Gasteiger partial charge in [0.05, 0.1) is 19.3 Å². The van der Waals surface area contributed by atoms with E-state index in [2.05, 4.69) is 4.74 Å². The van der Waals surface area contributed by atoms with Crippen LogP contribution in [0.5, 0.6) is 11.5 Å². The average Bonchev–Trinajstić information content (AvgIpc) is 2.37. The summed E-state index contributed by atoms with van der Waals surface area (Å²) in [6.07, 6.45) is 0. The third kappa shape index (κ3) is 3.49. The first-order valence-corrected chi connectivity index (χ1v) is 5.52. The van der Waals surface area contributed by atoms with Gasteiger partial charge in [0.15, 0.2) is 0 Å².